The van der Waals surface area contributed by atoms with Gasteiger partial charge in [0.25, 0.3) is 0 Å². The number of hydrogen-bond acceptors (Lipinski definition) is 5. The summed E-state index contributed by atoms with van der Waals surface area (Å²) in [4.78, 5) is 6.97. The second-order valence-corrected chi connectivity index (χ2v) is 6.83. The monoisotopic (exact) mass is 268 g/mol. The van der Waals surface area contributed by atoms with E-state index in [1.54, 1.807) is 0 Å². The molecule has 102 valence electrons. The number of anilines is 1. The van der Waals surface area contributed by atoms with Crippen molar-refractivity contribution >= 4 is 16.7 Å². The lowest BCUT2D eigenvalue weighted by atomic mass is 10.0. The molecular formula is C13H24N4S. The summed E-state index contributed by atoms with van der Waals surface area (Å²) < 4.78 is 4.30. The van der Waals surface area contributed by atoms with Gasteiger partial charge in [-0.3, -0.25) is 0 Å². The van der Waals surface area contributed by atoms with E-state index in [1.807, 2.05) is 6.92 Å². The van der Waals surface area contributed by atoms with Crippen molar-refractivity contribution in [3.05, 3.63) is 5.82 Å². The van der Waals surface area contributed by atoms with E-state index in [4.69, 9.17) is 0 Å². The first-order valence-corrected chi connectivity index (χ1v) is 7.55. The van der Waals surface area contributed by atoms with Crippen LogP contribution < -0.4 is 10.2 Å². The van der Waals surface area contributed by atoms with Crippen molar-refractivity contribution < 1.29 is 0 Å². The number of hydrogen-bond donors (Lipinski definition) is 1. The standard InChI is InChI=1S/C13H24N4S/c1-10-15-12(18-16-10)17-8-6-5-7-11(17)9-14-13(2,3)4/h11,14H,5-9H2,1-4H3. The summed E-state index contributed by atoms with van der Waals surface area (Å²) in [6.45, 7) is 10.8. The average molecular weight is 268 g/mol. The molecule has 2 heterocycles. The van der Waals surface area contributed by atoms with Crippen molar-refractivity contribution in [1.29, 1.82) is 0 Å². The van der Waals surface area contributed by atoms with Crippen LogP contribution in [0.1, 0.15) is 45.9 Å². The fraction of sp³-hybridized carbons (Fsp3) is 0.846. The summed E-state index contributed by atoms with van der Waals surface area (Å²) in [6, 6.07) is 0.560. The van der Waals surface area contributed by atoms with Crippen LogP contribution in [0.25, 0.3) is 0 Å². The van der Waals surface area contributed by atoms with Crippen molar-refractivity contribution in [1.82, 2.24) is 14.7 Å². The molecule has 0 amide bonds. The molecule has 1 saturated heterocycles. The van der Waals surface area contributed by atoms with Crippen LogP contribution in [0, 0.1) is 6.92 Å². The quantitative estimate of drug-likeness (QED) is 0.915. The van der Waals surface area contributed by atoms with Gasteiger partial charge in [-0.1, -0.05) is 0 Å². The molecule has 1 N–H and O–H groups in total. The molecule has 0 saturated carbocycles. The van der Waals surface area contributed by atoms with Gasteiger partial charge in [-0.15, -0.1) is 0 Å². The minimum atomic E-state index is 0.181. The zero-order valence-corrected chi connectivity index (χ0v) is 12.7. The van der Waals surface area contributed by atoms with Crippen LogP contribution in [0.3, 0.4) is 0 Å². The van der Waals surface area contributed by atoms with Crippen molar-refractivity contribution in [3.8, 4) is 0 Å². The zero-order chi connectivity index (χ0) is 13.2. The first-order valence-electron chi connectivity index (χ1n) is 6.78. The van der Waals surface area contributed by atoms with E-state index in [0.29, 0.717) is 6.04 Å². The number of nitrogens with zero attached hydrogens (tertiary/aromatic N) is 3. The topological polar surface area (TPSA) is 41.1 Å². The maximum Gasteiger partial charge on any atom is 0.205 e. The molecular weight excluding hydrogens is 244 g/mol. The van der Waals surface area contributed by atoms with Crippen molar-refractivity contribution in [3.63, 3.8) is 0 Å². The van der Waals surface area contributed by atoms with Crippen LogP contribution in [0.4, 0.5) is 5.13 Å². The van der Waals surface area contributed by atoms with Crippen LogP contribution in [0.15, 0.2) is 0 Å². The molecule has 2 rings (SSSR count). The Morgan fingerprint density at radius 3 is 2.78 bits per heavy atom. The molecule has 5 heteroatoms. The normalized spacial score (nSPS) is 21.3. The summed E-state index contributed by atoms with van der Waals surface area (Å²) in [7, 11) is 0. The fourth-order valence-electron chi connectivity index (χ4n) is 2.29. The van der Waals surface area contributed by atoms with Gasteiger partial charge in [-0.05, 0) is 47.0 Å². The number of piperidine rings is 1. The zero-order valence-electron chi connectivity index (χ0n) is 11.9. The smallest absolute Gasteiger partial charge is 0.205 e. The lowest BCUT2D eigenvalue weighted by Gasteiger charge is -2.37. The summed E-state index contributed by atoms with van der Waals surface area (Å²) in [6.07, 6.45) is 3.84. The van der Waals surface area contributed by atoms with E-state index in [0.717, 1.165) is 24.0 Å². The molecule has 0 aliphatic carbocycles. The Labute approximate surface area is 114 Å². The Morgan fingerprint density at radius 1 is 1.39 bits per heavy atom. The van der Waals surface area contributed by atoms with E-state index in [9.17, 15) is 0 Å². The second-order valence-electron chi connectivity index (χ2n) is 6.10. The number of rotatable bonds is 3. The summed E-state index contributed by atoms with van der Waals surface area (Å²) >= 11 is 1.53. The molecule has 1 aliphatic heterocycles. The predicted octanol–water partition coefficient (Wildman–Crippen LogP) is 2.59. The van der Waals surface area contributed by atoms with E-state index in [1.165, 1.54) is 30.8 Å². The minimum Gasteiger partial charge on any atom is -0.343 e. The van der Waals surface area contributed by atoms with Gasteiger partial charge in [0.15, 0.2) is 0 Å². The molecule has 0 bridgehead atoms. The molecule has 4 nitrogen and oxygen atoms in total. The summed E-state index contributed by atoms with van der Waals surface area (Å²) in [5.74, 6) is 0.892. The maximum atomic E-state index is 4.53. The van der Waals surface area contributed by atoms with Gasteiger partial charge in [0.05, 0.1) is 0 Å². The highest BCUT2D eigenvalue weighted by Gasteiger charge is 2.26. The molecule has 1 aliphatic rings. The van der Waals surface area contributed by atoms with Gasteiger partial charge in [-0.2, -0.15) is 4.37 Å². The van der Waals surface area contributed by atoms with E-state index >= 15 is 0 Å². The molecule has 0 spiro atoms. The van der Waals surface area contributed by atoms with Gasteiger partial charge < -0.3 is 10.2 Å². The van der Waals surface area contributed by atoms with E-state index in [2.05, 4.69) is 40.3 Å². The Morgan fingerprint density at radius 2 is 2.17 bits per heavy atom. The Bertz CT molecular complexity index is 383. The van der Waals surface area contributed by atoms with Gasteiger partial charge in [0.2, 0.25) is 5.13 Å². The van der Waals surface area contributed by atoms with E-state index in [-0.39, 0.29) is 5.54 Å². The molecule has 1 unspecified atom stereocenters. The fourth-order valence-corrected chi connectivity index (χ4v) is 3.06. The first-order chi connectivity index (χ1) is 8.46. The third-order valence-electron chi connectivity index (χ3n) is 3.26. The SMILES string of the molecule is Cc1nsc(N2CCCCC2CNC(C)(C)C)n1. The molecule has 1 aromatic heterocycles. The highest BCUT2D eigenvalue weighted by Crippen LogP contribution is 2.26. The largest absolute Gasteiger partial charge is 0.343 e. The highest BCUT2D eigenvalue weighted by molar-refractivity contribution is 7.09. The molecule has 0 aromatic carbocycles. The molecule has 18 heavy (non-hydrogen) atoms. The number of aromatic nitrogens is 2. The van der Waals surface area contributed by atoms with Gasteiger partial charge in [0.1, 0.15) is 5.82 Å². The van der Waals surface area contributed by atoms with Gasteiger partial charge in [-0.25, -0.2) is 4.98 Å². The second kappa shape index (κ2) is 5.53. The lowest BCUT2D eigenvalue weighted by molar-refractivity contribution is 0.366. The first kappa shape index (κ1) is 13.7. The number of nitrogens with one attached hydrogen (secondary N) is 1. The third kappa shape index (κ3) is 3.65. The van der Waals surface area contributed by atoms with E-state index < -0.39 is 0 Å². The Balaban J connectivity index is 2.02. The third-order valence-corrected chi connectivity index (χ3v) is 4.10. The van der Waals surface area contributed by atoms with Crippen LogP contribution in [-0.4, -0.2) is 34.0 Å². The van der Waals surface area contributed by atoms with Crippen LogP contribution >= 0.6 is 11.5 Å². The highest BCUT2D eigenvalue weighted by atomic mass is 32.1. The average Bonchev–Trinajstić information content (AvgIpc) is 2.72. The van der Waals surface area contributed by atoms with Gasteiger partial charge in [0, 0.05) is 36.2 Å². The molecule has 1 atom stereocenters. The van der Waals surface area contributed by atoms with Crippen LogP contribution in [0.5, 0.6) is 0 Å². The molecule has 1 fully saturated rings. The van der Waals surface area contributed by atoms with Crippen molar-refractivity contribution in [2.45, 2.75) is 58.5 Å². The van der Waals surface area contributed by atoms with Crippen LogP contribution in [0.2, 0.25) is 0 Å². The lowest BCUT2D eigenvalue weighted by Crippen LogP contribution is -2.49. The van der Waals surface area contributed by atoms with Crippen LogP contribution in [-0.2, 0) is 0 Å². The summed E-state index contributed by atoms with van der Waals surface area (Å²) in [5.41, 5.74) is 0.181. The summed E-state index contributed by atoms with van der Waals surface area (Å²) in [5, 5.41) is 4.70. The molecule has 0 radical (unpaired) electrons. The maximum absolute atomic E-state index is 4.53. The predicted molar refractivity (Wildman–Crippen MR) is 77.4 cm³/mol. The Kier molecular flexibility index (Phi) is 4.22. The Hall–Kier alpha value is -0.680. The minimum absolute atomic E-state index is 0.181. The van der Waals surface area contributed by atoms with Crippen molar-refractivity contribution in [2.75, 3.05) is 18.0 Å². The van der Waals surface area contributed by atoms with Gasteiger partial charge >= 0.3 is 0 Å². The molecule has 1 aromatic rings. The van der Waals surface area contributed by atoms with Crippen molar-refractivity contribution in [2.24, 2.45) is 0 Å². The number of aryl methyl sites for hydroxylation is 1.